The maximum Gasteiger partial charge on any atom is 0.292 e. The number of hydrazine groups is 1. The lowest BCUT2D eigenvalue weighted by atomic mass is 10.1. The summed E-state index contributed by atoms with van der Waals surface area (Å²) in [4.78, 5) is 33.7. The van der Waals surface area contributed by atoms with Gasteiger partial charge in [-0.3, -0.25) is 20.4 Å². The van der Waals surface area contributed by atoms with Crippen LogP contribution in [-0.2, 0) is 0 Å². The molecule has 0 bridgehead atoms. The largest absolute Gasteiger partial charge is 0.360 e. The molecule has 0 saturated heterocycles. The van der Waals surface area contributed by atoms with Crippen LogP contribution in [0.3, 0.4) is 0 Å². The Morgan fingerprint density at radius 2 is 1.66 bits per heavy atom. The molecule has 2 N–H and O–H groups in total. The number of hydrogen-bond donors (Lipinski definition) is 2. The van der Waals surface area contributed by atoms with Gasteiger partial charge in [-0.25, -0.2) is 9.97 Å². The van der Waals surface area contributed by atoms with Gasteiger partial charge >= 0.3 is 0 Å². The summed E-state index contributed by atoms with van der Waals surface area (Å²) in [6, 6.07) is 8.56. The molecule has 0 radical (unpaired) electrons. The monoisotopic (exact) mass is 425 g/mol. The highest BCUT2D eigenvalue weighted by molar-refractivity contribution is 7.14. The molecule has 0 spiro atoms. The summed E-state index contributed by atoms with van der Waals surface area (Å²) in [5.41, 5.74) is 7.04. The number of nitrogens with zero attached hydrogens (tertiary/aromatic N) is 3. The Morgan fingerprint density at radius 3 is 2.38 bits per heavy atom. The zero-order valence-electron chi connectivity index (χ0n) is 15.4. The number of hydrogen-bond acceptors (Lipinski definition) is 8. The van der Waals surface area contributed by atoms with Crippen LogP contribution < -0.4 is 10.9 Å². The molecule has 3 aromatic heterocycles. The molecule has 0 unspecified atom stereocenters. The molecule has 146 valence electrons. The van der Waals surface area contributed by atoms with Crippen molar-refractivity contribution in [2.45, 2.75) is 13.8 Å². The van der Waals surface area contributed by atoms with Crippen LogP contribution in [0, 0.1) is 13.8 Å². The lowest BCUT2D eigenvalue weighted by Gasteiger charge is -2.06. The fourth-order valence-electron chi connectivity index (χ4n) is 2.63. The molecule has 0 fully saturated rings. The van der Waals surface area contributed by atoms with Crippen LogP contribution in [0.2, 0.25) is 0 Å². The third-order valence-electron chi connectivity index (χ3n) is 4.00. The Bertz CT molecular complexity index is 1180. The molecule has 0 aliphatic heterocycles. The third kappa shape index (κ3) is 3.93. The van der Waals surface area contributed by atoms with Crippen LogP contribution >= 0.6 is 22.7 Å². The van der Waals surface area contributed by atoms with E-state index in [4.69, 9.17) is 4.52 Å². The minimum atomic E-state index is -0.597. The van der Waals surface area contributed by atoms with E-state index in [0.717, 1.165) is 15.7 Å². The molecule has 0 aliphatic rings. The maximum absolute atomic E-state index is 12.6. The van der Waals surface area contributed by atoms with Gasteiger partial charge in [0.05, 0.1) is 16.3 Å². The number of nitrogens with one attached hydrogen (secondary N) is 2. The van der Waals surface area contributed by atoms with Gasteiger partial charge in [0.15, 0.2) is 5.69 Å². The van der Waals surface area contributed by atoms with Gasteiger partial charge in [0.2, 0.25) is 0 Å². The summed E-state index contributed by atoms with van der Waals surface area (Å²) in [6.45, 7) is 3.63. The molecule has 8 nitrogen and oxygen atoms in total. The second kappa shape index (κ2) is 7.94. The van der Waals surface area contributed by atoms with Gasteiger partial charge in [-0.1, -0.05) is 23.4 Å². The minimum Gasteiger partial charge on any atom is -0.360 e. The first-order valence-corrected chi connectivity index (χ1v) is 10.3. The van der Waals surface area contributed by atoms with Crippen LogP contribution in [0.15, 0.2) is 45.6 Å². The SMILES string of the molecule is Cc1nc(-c2nc(-c3c(C(=O)NNC(=O)c4ccccc4)noc3C)cs2)cs1. The molecule has 4 aromatic rings. The summed E-state index contributed by atoms with van der Waals surface area (Å²) in [6.07, 6.45) is 0. The van der Waals surface area contributed by atoms with E-state index < -0.39 is 11.8 Å². The summed E-state index contributed by atoms with van der Waals surface area (Å²) in [7, 11) is 0. The molecule has 10 heteroatoms. The molecule has 0 saturated carbocycles. The molecular weight excluding hydrogens is 410 g/mol. The Labute approximate surface area is 173 Å². The number of thiazole rings is 2. The summed E-state index contributed by atoms with van der Waals surface area (Å²) in [5, 5.41) is 9.29. The molecular formula is C19H15N5O3S2. The summed E-state index contributed by atoms with van der Waals surface area (Å²) >= 11 is 2.97. The minimum absolute atomic E-state index is 0.0437. The third-order valence-corrected chi connectivity index (χ3v) is 5.64. The van der Waals surface area contributed by atoms with Crippen LogP contribution in [-0.4, -0.2) is 26.9 Å². The molecule has 29 heavy (non-hydrogen) atoms. The Balaban J connectivity index is 1.54. The molecule has 1 aromatic carbocycles. The van der Waals surface area contributed by atoms with Gasteiger partial charge in [-0.15, -0.1) is 22.7 Å². The quantitative estimate of drug-likeness (QED) is 0.483. The van der Waals surface area contributed by atoms with Crippen LogP contribution in [0.5, 0.6) is 0 Å². The van der Waals surface area contributed by atoms with Crippen molar-refractivity contribution in [3.63, 3.8) is 0 Å². The van der Waals surface area contributed by atoms with E-state index in [1.807, 2.05) is 17.7 Å². The number of amides is 2. The van der Waals surface area contributed by atoms with Gasteiger partial charge < -0.3 is 4.52 Å². The Hall–Kier alpha value is -3.37. The van der Waals surface area contributed by atoms with Crippen molar-refractivity contribution in [1.29, 1.82) is 0 Å². The molecule has 3 heterocycles. The first-order valence-electron chi connectivity index (χ1n) is 8.53. The van der Waals surface area contributed by atoms with Crippen molar-refractivity contribution < 1.29 is 14.1 Å². The van der Waals surface area contributed by atoms with Gasteiger partial charge in [0.1, 0.15) is 16.5 Å². The Kier molecular flexibility index (Phi) is 5.19. The average Bonchev–Trinajstić information content (AvgIpc) is 3.46. The van der Waals surface area contributed by atoms with Crippen molar-refractivity contribution in [2.75, 3.05) is 0 Å². The first kappa shape index (κ1) is 19.0. The topological polar surface area (TPSA) is 110 Å². The molecule has 0 aliphatic carbocycles. The molecule has 2 amide bonds. The van der Waals surface area contributed by atoms with Crippen molar-refractivity contribution in [3.8, 4) is 22.0 Å². The highest BCUT2D eigenvalue weighted by Crippen LogP contribution is 2.32. The predicted molar refractivity (Wildman–Crippen MR) is 110 cm³/mol. The normalized spacial score (nSPS) is 10.7. The van der Waals surface area contributed by atoms with Crippen molar-refractivity contribution in [1.82, 2.24) is 26.0 Å². The number of rotatable bonds is 4. The second-order valence-corrected chi connectivity index (χ2v) is 7.95. The predicted octanol–water partition coefficient (Wildman–Crippen LogP) is 3.61. The smallest absolute Gasteiger partial charge is 0.292 e. The summed E-state index contributed by atoms with van der Waals surface area (Å²) in [5.74, 6) is -0.577. The van der Waals surface area contributed by atoms with Crippen LogP contribution in [0.25, 0.3) is 22.0 Å². The van der Waals surface area contributed by atoms with Crippen LogP contribution in [0.1, 0.15) is 31.6 Å². The van der Waals surface area contributed by atoms with E-state index in [1.165, 1.54) is 11.3 Å². The van der Waals surface area contributed by atoms with Crippen molar-refractivity contribution in [2.24, 2.45) is 0 Å². The van der Waals surface area contributed by atoms with E-state index in [-0.39, 0.29) is 5.69 Å². The number of aryl methyl sites for hydroxylation is 2. The molecule has 4 rings (SSSR count). The zero-order chi connectivity index (χ0) is 20.4. The fraction of sp³-hybridized carbons (Fsp3) is 0.105. The number of aromatic nitrogens is 3. The zero-order valence-corrected chi connectivity index (χ0v) is 17.1. The van der Waals surface area contributed by atoms with E-state index in [2.05, 4.69) is 26.0 Å². The fourth-order valence-corrected chi connectivity index (χ4v) is 4.07. The average molecular weight is 425 g/mol. The first-order chi connectivity index (χ1) is 14.0. The lowest BCUT2D eigenvalue weighted by Crippen LogP contribution is -2.41. The highest BCUT2D eigenvalue weighted by Gasteiger charge is 2.24. The summed E-state index contributed by atoms with van der Waals surface area (Å²) < 4.78 is 5.21. The van der Waals surface area contributed by atoms with E-state index in [9.17, 15) is 9.59 Å². The highest BCUT2D eigenvalue weighted by atomic mass is 32.1. The van der Waals surface area contributed by atoms with E-state index >= 15 is 0 Å². The standard InChI is InChI=1S/C19H15N5O3S2/c1-10-15(13-8-29-19(21-13)14-9-28-11(2)20-14)16(24-27-10)18(26)23-22-17(25)12-6-4-3-5-7-12/h3-9H,1-2H3,(H,22,25)(H,23,26). The number of benzene rings is 1. The van der Waals surface area contributed by atoms with E-state index in [0.29, 0.717) is 22.6 Å². The second-order valence-electron chi connectivity index (χ2n) is 6.03. The van der Waals surface area contributed by atoms with Crippen molar-refractivity contribution in [3.05, 3.63) is 63.1 Å². The van der Waals surface area contributed by atoms with Gasteiger partial charge in [0, 0.05) is 16.3 Å². The van der Waals surface area contributed by atoms with Gasteiger partial charge in [-0.05, 0) is 26.0 Å². The number of carbonyl (C=O) groups excluding carboxylic acids is 2. The molecule has 0 atom stereocenters. The lowest BCUT2D eigenvalue weighted by molar-refractivity contribution is 0.0842. The van der Waals surface area contributed by atoms with E-state index in [1.54, 1.807) is 48.6 Å². The number of carbonyl (C=O) groups is 2. The van der Waals surface area contributed by atoms with Crippen molar-refractivity contribution >= 4 is 34.5 Å². The van der Waals surface area contributed by atoms with Crippen LogP contribution in [0.4, 0.5) is 0 Å². The maximum atomic E-state index is 12.6. The van der Waals surface area contributed by atoms with Gasteiger partial charge in [0.25, 0.3) is 11.8 Å². The van der Waals surface area contributed by atoms with Gasteiger partial charge in [-0.2, -0.15) is 0 Å². The Morgan fingerprint density at radius 1 is 0.931 bits per heavy atom.